The molecule has 1 saturated carbocycles. The first kappa shape index (κ1) is 14.3. The highest BCUT2D eigenvalue weighted by Crippen LogP contribution is 2.29. The van der Waals surface area contributed by atoms with Gasteiger partial charge in [-0.25, -0.2) is 0 Å². The molecule has 1 aliphatic carbocycles. The van der Waals surface area contributed by atoms with Crippen molar-refractivity contribution in [2.45, 2.75) is 12.8 Å². The van der Waals surface area contributed by atoms with Gasteiger partial charge in [0.15, 0.2) is 0 Å². The van der Waals surface area contributed by atoms with Crippen LogP contribution in [-0.4, -0.2) is 42.2 Å². The smallest absolute Gasteiger partial charge is 0.317 e. The van der Waals surface area contributed by atoms with Crippen LogP contribution in [0.15, 0.2) is 28.7 Å². The highest BCUT2D eigenvalue weighted by atomic mass is 79.9. The van der Waals surface area contributed by atoms with E-state index in [0.717, 1.165) is 16.8 Å². The Morgan fingerprint density at radius 2 is 2.05 bits per heavy atom. The first-order valence-electron chi connectivity index (χ1n) is 6.46. The van der Waals surface area contributed by atoms with Gasteiger partial charge in [0.05, 0.1) is 6.54 Å². The molecule has 0 aromatic heterocycles. The molecule has 0 atom stereocenters. The van der Waals surface area contributed by atoms with Gasteiger partial charge in [-0.2, -0.15) is 0 Å². The van der Waals surface area contributed by atoms with Gasteiger partial charge in [0.2, 0.25) is 0 Å². The van der Waals surface area contributed by atoms with Crippen LogP contribution in [-0.2, 0) is 4.79 Å². The molecular weight excluding hydrogens is 310 g/mol. The van der Waals surface area contributed by atoms with Crippen LogP contribution in [0.2, 0.25) is 0 Å². The maximum atomic E-state index is 10.8. The Morgan fingerprint density at radius 1 is 1.37 bits per heavy atom. The summed E-state index contributed by atoms with van der Waals surface area (Å²) in [6.07, 6.45) is 2.45. The van der Waals surface area contributed by atoms with Gasteiger partial charge in [-0.1, -0.05) is 15.9 Å². The predicted molar refractivity (Wildman–Crippen MR) is 76.4 cm³/mol. The first-order valence-corrected chi connectivity index (χ1v) is 7.25. The van der Waals surface area contributed by atoms with Gasteiger partial charge in [-0.3, -0.25) is 9.69 Å². The molecule has 1 N–H and O–H groups in total. The maximum Gasteiger partial charge on any atom is 0.317 e. The third-order valence-electron chi connectivity index (χ3n) is 3.06. The second-order valence-electron chi connectivity index (χ2n) is 4.87. The lowest BCUT2D eigenvalue weighted by molar-refractivity contribution is -0.138. The zero-order valence-corrected chi connectivity index (χ0v) is 12.3. The summed E-state index contributed by atoms with van der Waals surface area (Å²) >= 11 is 3.37. The number of carboxylic acid groups (broad SMARTS) is 1. The molecule has 1 fully saturated rings. The molecule has 2 rings (SSSR count). The Bertz CT molecular complexity index is 417. The summed E-state index contributed by atoms with van der Waals surface area (Å²) in [5.74, 6) is 0.723. The number of benzene rings is 1. The molecule has 0 amide bonds. The van der Waals surface area contributed by atoms with Gasteiger partial charge in [-0.15, -0.1) is 0 Å². The van der Waals surface area contributed by atoms with E-state index in [1.54, 1.807) is 0 Å². The quantitative estimate of drug-likeness (QED) is 0.797. The molecule has 19 heavy (non-hydrogen) atoms. The van der Waals surface area contributed by atoms with E-state index in [1.807, 2.05) is 29.2 Å². The van der Waals surface area contributed by atoms with Crippen molar-refractivity contribution in [1.82, 2.24) is 4.90 Å². The van der Waals surface area contributed by atoms with E-state index in [4.69, 9.17) is 9.84 Å². The third kappa shape index (κ3) is 5.61. The predicted octanol–water partition coefficient (Wildman–Crippen LogP) is 2.62. The minimum absolute atomic E-state index is 0.0974. The van der Waals surface area contributed by atoms with Gasteiger partial charge >= 0.3 is 5.97 Å². The number of hydrogen-bond acceptors (Lipinski definition) is 3. The van der Waals surface area contributed by atoms with Crippen LogP contribution in [0.4, 0.5) is 0 Å². The molecule has 0 unspecified atom stereocenters. The Balaban J connectivity index is 1.74. The zero-order chi connectivity index (χ0) is 13.7. The molecule has 0 bridgehead atoms. The van der Waals surface area contributed by atoms with Crippen molar-refractivity contribution in [2.24, 2.45) is 5.92 Å². The van der Waals surface area contributed by atoms with Crippen molar-refractivity contribution in [3.8, 4) is 5.75 Å². The molecule has 4 nitrogen and oxygen atoms in total. The molecular formula is C14H18BrNO3. The van der Waals surface area contributed by atoms with Crippen molar-refractivity contribution in [3.63, 3.8) is 0 Å². The fraction of sp³-hybridized carbons (Fsp3) is 0.500. The largest absolute Gasteiger partial charge is 0.492 e. The topological polar surface area (TPSA) is 49.8 Å². The normalized spacial score (nSPS) is 14.6. The van der Waals surface area contributed by atoms with E-state index in [-0.39, 0.29) is 6.54 Å². The molecule has 0 radical (unpaired) electrons. The molecule has 1 aromatic carbocycles. The van der Waals surface area contributed by atoms with Crippen molar-refractivity contribution < 1.29 is 14.6 Å². The van der Waals surface area contributed by atoms with Crippen LogP contribution in [0, 0.1) is 5.92 Å². The summed E-state index contributed by atoms with van der Waals surface area (Å²) in [4.78, 5) is 12.8. The van der Waals surface area contributed by atoms with E-state index < -0.39 is 5.97 Å². The molecule has 0 heterocycles. The van der Waals surface area contributed by atoms with Gasteiger partial charge in [0.1, 0.15) is 12.4 Å². The molecule has 1 aromatic rings. The van der Waals surface area contributed by atoms with Crippen molar-refractivity contribution in [2.75, 3.05) is 26.2 Å². The number of ether oxygens (including phenoxy) is 1. The number of halogens is 1. The second kappa shape index (κ2) is 6.91. The molecule has 0 spiro atoms. The van der Waals surface area contributed by atoms with Crippen LogP contribution in [0.5, 0.6) is 5.75 Å². The Morgan fingerprint density at radius 3 is 2.63 bits per heavy atom. The maximum absolute atomic E-state index is 10.8. The van der Waals surface area contributed by atoms with Crippen molar-refractivity contribution >= 4 is 21.9 Å². The van der Waals surface area contributed by atoms with Gasteiger partial charge in [0, 0.05) is 17.6 Å². The minimum Gasteiger partial charge on any atom is -0.492 e. The summed E-state index contributed by atoms with van der Waals surface area (Å²) in [5, 5.41) is 8.88. The van der Waals surface area contributed by atoms with Crippen LogP contribution in [0.1, 0.15) is 12.8 Å². The number of carboxylic acids is 1. The number of rotatable bonds is 8. The summed E-state index contributed by atoms with van der Waals surface area (Å²) in [6, 6.07) is 7.64. The first-order chi connectivity index (χ1) is 9.13. The van der Waals surface area contributed by atoms with Gasteiger partial charge in [-0.05, 0) is 43.0 Å². The average Bonchev–Trinajstić information content (AvgIpc) is 3.15. The Hall–Kier alpha value is -1.07. The summed E-state index contributed by atoms with van der Waals surface area (Å²) < 4.78 is 6.63. The van der Waals surface area contributed by atoms with Crippen LogP contribution in [0.3, 0.4) is 0 Å². The molecule has 1 aliphatic rings. The lowest BCUT2D eigenvalue weighted by Crippen LogP contribution is -2.35. The van der Waals surface area contributed by atoms with Crippen molar-refractivity contribution in [3.05, 3.63) is 28.7 Å². The second-order valence-corrected chi connectivity index (χ2v) is 5.79. The van der Waals surface area contributed by atoms with E-state index in [1.165, 1.54) is 12.8 Å². The molecule has 5 heteroatoms. The van der Waals surface area contributed by atoms with Crippen molar-refractivity contribution in [1.29, 1.82) is 0 Å². The Kier molecular flexibility index (Phi) is 5.22. The Labute approximate surface area is 121 Å². The average molecular weight is 328 g/mol. The third-order valence-corrected chi connectivity index (χ3v) is 3.59. The SMILES string of the molecule is O=C(O)CN(CCOc1ccc(Br)cc1)CC1CC1. The van der Waals surface area contributed by atoms with Gasteiger partial charge in [0.25, 0.3) is 0 Å². The summed E-state index contributed by atoms with van der Waals surface area (Å²) in [5.41, 5.74) is 0. The van der Waals surface area contributed by atoms with Gasteiger partial charge < -0.3 is 9.84 Å². The fourth-order valence-corrected chi connectivity index (χ4v) is 2.18. The standard InChI is InChI=1S/C14H18BrNO3/c15-12-3-5-13(6-4-12)19-8-7-16(10-14(17)18)9-11-1-2-11/h3-6,11H,1-2,7-10H2,(H,17,18). The lowest BCUT2D eigenvalue weighted by atomic mass is 10.3. The molecule has 104 valence electrons. The number of aliphatic carboxylic acids is 1. The zero-order valence-electron chi connectivity index (χ0n) is 10.7. The van der Waals surface area contributed by atoms with E-state index in [9.17, 15) is 4.79 Å². The highest BCUT2D eigenvalue weighted by molar-refractivity contribution is 9.10. The van der Waals surface area contributed by atoms with E-state index in [0.29, 0.717) is 19.1 Å². The number of nitrogens with zero attached hydrogens (tertiary/aromatic N) is 1. The fourth-order valence-electron chi connectivity index (χ4n) is 1.92. The summed E-state index contributed by atoms with van der Waals surface area (Å²) in [7, 11) is 0. The lowest BCUT2D eigenvalue weighted by Gasteiger charge is -2.20. The number of hydrogen-bond donors (Lipinski definition) is 1. The summed E-state index contributed by atoms with van der Waals surface area (Å²) in [6.45, 7) is 2.14. The minimum atomic E-state index is -0.774. The van der Waals surface area contributed by atoms with Crippen LogP contribution >= 0.6 is 15.9 Å². The van der Waals surface area contributed by atoms with Crippen LogP contribution in [0.25, 0.3) is 0 Å². The number of carbonyl (C=O) groups is 1. The monoisotopic (exact) mass is 327 g/mol. The van der Waals surface area contributed by atoms with Crippen LogP contribution < -0.4 is 4.74 Å². The molecule has 0 aliphatic heterocycles. The molecule has 0 saturated heterocycles. The van der Waals surface area contributed by atoms with E-state index in [2.05, 4.69) is 15.9 Å². The highest BCUT2D eigenvalue weighted by Gasteiger charge is 2.25. The van der Waals surface area contributed by atoms with E-state index >= 15 is 0 Å².